The van der Waals surface area contributed by atoms with Gasteiger partial charge in [-0.15, -0.1) is 0 Å². The van der Waals surface area contributed by atoms with Crippen molar-refractivity contribution < 1.29 is 83.7 Å². The van der Waals surface area contributed by atoms with E-state index in [4.69, 9.17) is 0 Å². The predicted molar refractivity (Wildman–Crippen MR) is 78.4 cm³/mol. The van der Waals surface area contributed by atoms with Crippen LogP contribution in [0.1, 0.15) is 71.1 Å². The van der Waals surface area contributed by atoms with Crippen LogP contribution in [0.15, 0.2) is 0 Å². The fourth-order valence-electron chi connectivity index (χ4n) is 2.29. The molecule has 128 valence electrons. The zero-order valence-electron chi connectivity index (χ0n) is 15.5. The number of rotatable bonds is 14. The first-order chi connectivity index (χ1) is 10.5. The van der Waals surface area contributed by atoms with E-state index in [1.54, 1.807) is 0 Å². The Morgan fingerprint density at radius 2 is 1.08 bits per heavy atom. The molecule has 0 bridgehead atoms. The van der Waals surface area contributed by atoms with E-state index in [1.807, 2.05) is 0 Å². The summed E-state index contributed by atoms with van der Waals surface area (Å²) in [6.45, 7) is 0.773. The fraction of sp³-hybridized carbons (Fsp3) is 0.812. The van der Waals surface area contributed by atoms with Crippen LogP contribution >= 0.6 is 0 Å². The Morgan fingerprint density at radius 3 is 1.46 bits per heavy atom. The summed E-state index contributed by atoms with van der Waals surface area (Å²) in [4.78, 5) is 33.5. The maximum atomic E-state index is 11.8. The first kappa shape index (κ1) is 29.2. The molecular formula is C16H27NNa2O5. The molecule has 0 spiro atoms. The molecule has 0 atom stereocenters. The van der Waals surface area contributed by atoms with Crippen molar-refractivity contribution in [2.75, 3.05) is 13.1 Å². The summed E-state index contributed by atoms with van der Waals surface area (Å²) in [7, 11) is 0. The number of aliphatic carboxylic acids is 2. The fourth-order valence-corrected chi connectivity index (χ4v) is 2.29. The Morgan fingerprint density at radius 1 is 0.708 bits per heavy atom. The third kappa shape index (κ3) is 18.7. The summed E-state index contributed by atoms with van der Waals surface area (Å²) in [6, 6.07) is 0. The molecule has 6 nitrogen and oxygen atoms in total. The van der Waals surface area contributed by atoms with Crippen LogP contribution in [-0.2, 0) is 14.4 Å². The first-order valence-electron chi connectivity index (χ1n) is 8.14. The number of nitrogens with zero attached hydrogens (tertiary/aromatic N) is 1. The number of hydrogen-bond donors (Lipinski definition) is 0. The van der Waals surface area contributed by atoms with Gasteiger partial charge in [-0.25, -0.2) is 0 Å². The largest absolute Gasteiger partial charge is 1.00 e. The number of hydrogen-bond acceptors (Lipinski definition) is 5. The van der Waals surface area contributed by atoms with Gasteiger partial charge in [-0.2, -0.15) is 0 Å². The summed E-state index contributed by atoms with van der Waals surface area (Å²) in [6.07, 6.45) is 10.1. The normalized spacial score (nSPS) is 9.54. The van der Waals surface area contributed by atoms with Crippen molar-refractivity contribution in [2.24, 2.45) is 0 Å². The van der Waals surface area contributed by atoms with E-state index in [0.717, 1.165) is 24.2 Å². The van der Waals surface area contributed by atoms with E-state index < -0.39 is 30.9 Å². The molecule has 0 fully saturated rings. The van der Waals surface area contributed by atoms with Crippen LogP contribution in [0.3, 0.4) is 0 Å². The quantitative estimate of drug-likeness (QED) is 0.227. The van der Waals surface area contributed by atoms with Gasteiger partial charge in [-0.05, 0) is 6.42 Å². The standard InChI is InChI=1S/C16H29NO5.2Na/c1-2-3-4-5-6-7-8-9-10-11-14(18)17(12-15(19)20)13-16(21)22;;/h2-13H2,1H3,(H,19,20)(H,21,22);;/q;2*+1/p-2. The molecule has 0 N–H and O–H groups in total. The van der Waals surface area contributed by atoms with Crippen molar-refractivity contribution in [1.29, 1.82) is 0 Å². The second-order valence-corrected chi connectivity index (χ2v) is 5.57. The van der Waals surface area contributed by atoms with Crippen LogP contribution in [0, 0.1) is 0 Å². The minimum atomic E-state index is -1.47. The number of carboxylic acid groups (broad SMARTS) is 2. The minimum absolute atomic E-state index is 0. The number of unbranched alkanes of at least 4 members (excludes halogenated alkanes) is 8. The summed E-state index contributed by atoms with van der Waals surface area (Å²) in [5.74, 6) is -3.42. The minimum Gasteiger partial charge on any atom is -0.548 e. The van der Waals surface area contributed by atoms with E-state index in [-0.39, 0.29) is 65.5 Å². The molecular weight excluding hydrogens is 332 g/mol. The zero-order valence-corrected chi connectivity index (χ0v) is 19.5. The molecule has 1 amide bonds. The molecule has 0 aromatic carbocycles. The van der Waals surface area contributed by atoms with Gasteiger partial charge in [-0.1, -0.05) is 58.3 Å². The van der Waals surface area contributed by atoms with Gasteiger partial charge in [0.2, 0.25) is 5.91 Å². The van der Waals surface area contributed by atoms with Crippen molar-refractivity contribution in [2.45, 2.75) is 71.1 Å². The average molecular weight is 359 g/mol. The SMILES string of the molecule is CCCCCCCCCCCC(=O)N(CC(=O)[O-])CC(=O)[O-].[Na+].[Na+]. The molecule has 0 aliphatic carbocycles. The van der Waals surface area contributed by atoms with E-state index >= 15 is 0 Å². The number of carbonyl (C=O) groups is 3. The third-order valence-electron chi connectivity index (χ3n) is 3.49. The van der Waals surface area contributed by atoms with Crippen LogP contribution in [0.25, 0.3) is 0 Å². The van der Waals surface area contributed by atoms with Gasteiger partial charge < -0.3 is 24.7 Å². The molecule has 24 heavy (non-hydrogen) atoms. The van der Waals surface area contributed by atoms with Gasteiger partial charge in [0.05, 0.1) is 25.0 Å². The van der Waals surface area contributed by atoms with Crippen LogP contribution in [-0.4, -0.2) is 35.8 Å². The zero-order chi connectivity index (χ0) is 16.8. The van der Waals surface area contributed by atoms with Gasteiger partial charge in [0, 0.05) is 6.42 Å². The van der Waals surface area contributed by atoms with Crippen molar-refractivity contribution in [3.8, 4) is 0 Å². The van der Waals surface area contributed by atoms with E-state index in [2.05, 4.69) is 6.92 Å². The number of amides is 1. The molecule has 0 aliphatic heterocycles. The molecule has 0 rings (SSSR count). The van der Waals surface area contributed by atoms with Crippen molar-refractivity contribution in [3.63, 3.8) is 0 Å². The number of carboxylic acids is 2. The van der Waals surface area contributed by atoms with Crippen LogP contribution in [0.2, 0.25) is 0 Å². The molecule has 0 unspecified atom stereocenters. The van der Waals surface area contributed by atoms with E-state index in [1.165, 1.54) is 32.1 Å². The molecule has 0 heterocycles. The van der Waals surface area contributed by atoms with Crippen LogP contribution in [0.5, 0.6) is 0 Å². The van der Waals surface area contributed by atoms with Gasteiger partial charge in [-0.3, -0.25) is 4.79 Å². The summed E-state index contributed by atoms with van der Waals surface area (Å²) in [5.41, 5.74) is 0. The maximum Gasteiger partial charge on any atom is 1.00 e. The molecule has 0 aromatic heterocycles. The van der Waals surface area contributed by atoms with Gasteiger partial charge in [0.25, 0.3) is 0 Å². The van der Waals surface area contributed by atoms with E-state index in [0.29, 0.717) is 6.42 Å². The van der Waals surface area contributed by atoms with Crippen molar-refractivity contribution in [3.05, 3.63) is 0 Å². The Labute approximate surface area is 189 Å². The summed E-state index contributed by atoms with van der Waals surface area (Å²) in [5, 5.41) is 21.0. The smallest absolute Gasteiger partial charge is 0.548 e. The third-order valence-corrected chi connectivity index (χ3v) is 3.49. The van der Waals surface area contributed by atoms with Gasteiger partial charge in [0.15, 0.2) is 0 Å². The first-order valence-corrected chi connectivity index (χ1v) is 8.14. The Kier molecular flexibility index (Phi) is 24.0. The molecule has 0 aliphatic rings. The molecule has 0 saturated carbocycles. The summed E-state index contributed by atoms with van der Waals surface area (Å²) >= 11 is 0. The average Bonchev–Trinajstić information content (AvgIpc) is 2.43. The molecule has 0 radical (unpaired) electrons. The van der Waals surface area contributed by atoms with Gasteiger partial charge in [0.1, 0.15) is 0 Å². The Balaban J connectivity index is -0.00000220. The number of carbonyl (C=O) groups excluding carboxylic acids is 3. The second-order valence-electron chi connectivity index (χ2n) is 5.57. The second kappa shape index (κ2) is 19.7. The monoisotopic (exact) mass is 359 g/mol. The molecule has 0 saturated heterocycles. The van der Waals surface area contributed by atoms with E-state index in [9.17, 15) is 24.6 Å². The Hall–Kier alpha value is 0.410. The van der Waals surface area contributed by atoms with Crippen LogP contribution < -0.4 is 69.3 Å². The van der Waals surface area contributed by atoms with Crippen molar-refractivity contribution >= 4 is 17.8 Å². The molecule has 0 aromatic rings. The van der Waals surface area contributed by atoms with Crippen molar-refractivity contribution in [1.82, 2.24) is 4.90 Å². The van der Waals surface area contributed by atoms with Crippen LogP contribution in [0.4, 0.5) is 0 Å². The molecule has 8 heteroatoms. The topological polar surface area (TPSA) is 101 Å². The Bertz CT molecular complexity index is 337. The maximum absolute atomic E-state index is 11.8. The summed E-state index contributed by atoms with van der Waals surface area (Å²) < 4.78 is 0. The predicted octanol–water partition coefficient (Wildman–Crippen LogP) is -5.76. The van der Waals surface area contributed by atoms with Gasteiger partial charge >= 0.3 is 59.1 Å².